The molecule has 0 bridgehead atoms. The van der Waals surface area contributed by atoms with Crippen LogP contribution in [0.1, 0.15) is 36.9 Å². The minimum atomic E-state index is -0.158. The Balaban J connectivity index is 2.12. The number of aryl methyl sites for hydroxylation is 1. The Bertz CT molecular complexity index is 432. The van der Waals surface area contributed by atoms with Gasteiger partial charge >= 0.3 is 0 Å². The van der Waals surface area contributed by atoms with Gasteiger partial charge in [-0.15, -0.1) is 0 Å². The molecular formula is C16H25FN2O. The normalized spacial score (nSPS) is 20.6. The quantitative estimate of drug-likeness (QED) is 0.870. The molecule has 0 radical (unpaired) electrons. The minimum absolute atomic E-state index is 0.0549. The standard InChI is InChI=1S/C16H25FN2O/c1-3-19(11-14-5-4-8-20-14)16(10-18)13-7-6-12(2)15(17)9-13/h6-7,9,14,16H,3-5,8,10-11,18H2,1-2H3. The number of nitrogens with two attached hydrogens (primary N) is 1. The van der Waals surface area contributed by atoms with Gasteiger partial charge in [0.15, 0.2) is 0 Å². The van der Waals surface area contributed by atoms with Crippen molar-refractivity contribution in [3.05, 3.63) is 35.1 Å². The molecule has 0 aliphatic carbocycles. The van der Waals surface area contributed by atoms with Gasteiger partial charge in [-0.2, -0.15) is 0 Å². The van der Waals surface area contributed by atoms with E-state index in [9.17, 15) is 4.39 Å². The SMILES string of the molecule is CCN(CC1CCCO1)C(CN)c1ccc(C)c(F)c1. The lowest BCUT2D eigenvalue weighted by molar-refractivity contribution is 0.0601. The molecule has 1 aromatic carbocycles. The molecule has 0 saturated carbocycles. The average Bonchev–Trinajstić information content (AvgIpc) is 2.95. The van der Waals surface area contributed by atoms with Crippen molar-refractivity contribution in [3.63, 3.8) is 0 Å². The molecule has 1 heterocycles. The van der Waals surface area contributed by atoms with Crippen molar-refractivity contribution in [1.29, 1.82) is 0 Å². The lowest BCUT2D eigenvalue weighted by Gasteiger charge is -2.32. The summed E-state index contributed by atoms with van der Waals surface area (Å²) in [5.74, 6) is -0.158. The molecule has 1 saturated heterocycles. The molecule has 1 aromatic rings. The zero-order valence-electron chi connectivity index (χ0n) is 12.4. The molecule has 4 heteroatoms. The summed E-state index contributed by atoms with van der Waals surface area (Å²) in [5.41, 5.74) is 7.57. The van der Waals surface area contributed by atoms with Crippen molar-refractivity contribution in [1.82, 2.24) is 4.90 Å². The zero-order chi connectivity index (χ0) is 14.5. The van der Waals surface area contributed by atoms with Crippen LogP contribution in [-0.4, -0.2) is 37.2 Å². The highest BCUT2D eigenvalue weighted by atomic mass is 19.1. The van der Waals surface area contributed by atoms with E-state index in [2.05, 4.69) is 11.8 Å². The van der Waals surface area contributed by atoms with Crippen molar-refractivity contribution in [2.45, 2.75) is 38.8 Å². The Labute approximate surface area is 120 Å². The van der Waals surface area contributed by atoms with E-state index in [-0.39, 0.29) is 11.9 Å². The largest absolute Gasteiger partial charge is 0.377 e. The third-order valence-corrected chi connectivity index (χ3v) is 4.11. The monoisotopic (exact) mass is 280 g/mol. The van der Waals surface area contributed by atoms with Gasteiger partial charge in [-0.3, -0.25) is 4.90 Å². The minimum Gasteiger partial charge on any atom is -0.377 e. The second-order valence-corrected chi connectivity index (χ2v) is 5.48. The number of hydrogen-bond acceptors (Lipinski definition) is 3. The molecule has 0 amide bonds. The second kappa shape index (κ2) is 7.16. The van der Waals surface area contributed by atoms with Crippen LogP contribution in [0, 0.1) is 12.7 Å². The van der Waals surface area contributed by atoms with Gasteiger partial charge in [-0.25, -0.2) is 4.39 Å². The fourth-order valence-corrected chi connectivity index (χ4v) is 2.84. The molecule has 2 N–H and O–H groups in total. The third kappa shape index (κ3) is 3.57. The maximum absolute atomic E-state index is 13.8. The van der Waals surface area contributed by atoms with Crippen LogP contribution in [0.2, 0.25) is 0 Å². The second-order valence-electron chi connectivity index (χ2n) is 5.48. The number of benzene rings is 1. The predicted molar refractivity (Wildman–Crippen MR) is 79.2 cm³/mol. The number of halogens is 1. The van der Waals surface area contributed by atoms with E-state index < -0.39 is 0 Å². The fraction of sp³-hybridized carbons (Fsp3) is 0.625. The summed E-state index contributed by atoms with van der Waals surface area (Å²) in [6.45, 7) is 6.99. The summed E-state index contributed by atoms with van der Waals surface area (Å²) < 4.78 is 19.5. The molecule has 2 atom stereocenters. The zero-order valence-corrected chi connectivity index (χ0v) is 12.4. The van der Waals surface area contributed by atoms with Gasteiger partial charge in [-0.1, -0.05) is 19.1 Å². The Hall–Kier alpha value is -0.970. The highest BCUT2D eigenvalue weighted by molar-refractivity contribution is 5.26. The van der Waals surface area contributed by atoms with Gasteiger partial charge in [0, 0.05) is 25.7 Å². The maximum Gasteiger partial charge on any atom is 0.126 e. The molecule has 3 nitrogen and oxygen atoms in total. The molecule has 112 valence electrons. The Morgan fingerprint density at radius 2 is 2.30 bits per heavy atom. The smallest absolute Gasteiger partial charge is 0.126 e. The first kappa shape index (κ1) is 15.4. The number of hydrogen-bond donors (Lipinski definition) is 1. The number of ether oxygens (including phenoxy) is 1. The van der Waals surface area contributed by atoms with Crippen LogP contribution in [0.3, 0.4) is 0 Å². The van der Waals surface area contributed by atoms with E-state index in [4.69, 9.17) is 10.5 Å². The van der Waals surface area contributed by atoms with Gasteiger partial charge < -0.3 is 10.5 Å². The predicted octanol–water partition coefficient (Wildman–Crippen LogP) is 2.63. The molecule has 1 aliphatic rings. The van der Waals surface area contributed by atoms with E-state index in [1.807, 2.05) is 12.1 Å². The number of nitrogens with zero attached hydrogens (tertiary/aromatic N) is 1. The molecule has 1 aliphatic heterocycles. The molecule has 2 rings (SSSR count). The first-order valence-electron chi connectivity index (χ1n) is 7.47. The molecule has 0 spiro atoms. The van der Waals surface area contributed by atoms with Gasteiger partial charge in [0.2, 0.25) is 0 Å². The first-order valence-corrected chi connectivity index (χ1v) is 7.47. The van der Waals surface area contributed by atoms with Crippen LogP contribution < -0.4 is 5.73 Å². The summed E-state index contributed by atoms with van der Waals surface area (Å²) in [5, 5.41) is 0. The lowest BCUT2D eigenvalue weighted by Crippen LogP contribution is -2.38. The molecule has 0 aromatic heterocycles. The molecular weight excluding hydrogens is 255 g/mol. The lowest BCUT2D eigenvalue weighted by atomic mass is 10.0. The topological polar surface area (TPSA) is 38.5 Å². The van der Waals surface area contributed by atoms with Crippen LogP contribution in [0.25, 0.3) is 0 Å². The van der Waals surface area contributed by atoms with Gasteiger partial charge in [0.25, 0.3) is 0 Å². The molecule has 20 heavy (non-hydrogen) atoms. The molecule has 1 fully saturated rings. The van der Waals surface area contributed by atoms with E-state index in [0.717, 1.165) is 38.1 Å². The van der Waals surface area contributed by atoms with Crippen molar-refractivity contribution in [3.8, 4) is 0 Å². The fourth-order valence-electron chi connectivity index (χ4n) is 2.84. The first-order chi connectivity index (χ1) is 9.65. The van der Waals surface area contributed by atoms with Crippen molar-refractivity contribution >= 4 is 0 Å². The maximum atomic E-state index is 13.8. The third-order valence-electron chi connectivity index (χ3n) is 4.11. The number of rotatable bonds is 6. The van der Waals surface area contributed by atoms with Crippen LogP contribution in [0.5, 0.6) is 0 Å². The van der Waals surface area contributed by atoms with Gasteiger partial charge in [-0.05, 0) is 43.5 Å². The average molecular weight is 280 g/mol. The van der Waals surface area contributed by atoms with Crippen LogP contribution in [-0.2, 0) is 4.74 Å². The Kier molecular flexibility index (Phi) is 5.52. The molecule has 2 unspecified atom stereocenters. The van der Waals surface area contributed by atoms with Crippen LogP contribution >= 0.6 is 0 Å². The summed E-state index contributed by atoms with van der Waals surface area (Å²) >= 11 is 0. The number of likely N-dealkylation sites (N-methyl/N-ethyl adjacent to an activating group) is 1. The van der Waals surface area contributed by atoms with Crippen LogP contribution in [0.15, 0.2) is 18.2 Å². The Morgan fingerprint density at radius 1 is 1.50 bits per heavy atom. The highest BCUT2D eigenvalue weighted by Gasteiger charge is 2.24. The highest BCUT2D eigenvalue weighted by Crippen LogP contribution is 2.24. The van der Waals surface area contributed by atoms with E-state index in [0.29, 0.717) is 18.2 Å². The summed E-state index contributed by atoms with van der Waals surface area (Å²) in [4.78, 5) is 2.29. The summed E-state index contributed by atoms with van der Waals surface area (Å²) in [6.07, 6.45) is 2.53. The van der Waals surface area contributed by atoms with Crippen molar-refractivity contribution in [2.75, 3.05) is 26.2 Å². The van der Waals surface area contributed by atoms with E-state index in [1.54, 1.807) is 13.0 Å². The van der Waals surface area contributed by atoms with E-state index >= 15 is 0 Å². The van der Waals surface area contributed by atoms with Crippen molar-refractivity contribution < 1.29 is 9.13 Å². The Morgan fingerprint density at radius 3 is 2.85 bits per heavy atom. The summed E-state index contributed by atoms with van der Waals surface area (Å²) in [7, 11) is 0. The van der Waals surface area contributed by atoms with Crippen LogP contribution in [0.4, 0.5) is 4.39 Å². The van der Waals surface area contributed by atoms with Crippen molar-refractivity contribution in [2.24, 2.45) is 5.73 Å². The van der Waals surface area contributed by atoms with Gasteiger partial charge in [0.1, 0.15) is 5.82 Å². The van der Waals surface area contributed by atoms with E-state index in [1.165, 1.54) is 0 Å². The van der Waals surface area contributed by atoms with Gasteiger partial charge in [0.05, 0.1) is 6.10 Å². The summed E-state index contributed by atoms with van der Waals surface area (Å²) in [6, 6.07) is 5.48.